The predicted molar refractivity (Wildman–Crippen MR) is 157 cm³/mol. The summed E-state index contributed by atoms with van der Waals surface area (Å²) in [5.74, 6) is -2.00. The summed E-state index contributed by atoms with van der Waals surface area (Å²) < 4.78 is 54.0. The average molecular weight is 658 g/mol. The highest BCUT2D eigenvalue weighted by Crippen LogP contribution is 2.38. The second-order valence-electron chi connectivity index (χ2n) is 9.38. The minimum Gasteiger partial charge on any atom is -0.463 e. The van der Waals surface area contributed by atoms with E-state index in [4.69, 9.17) is 21.1 Å². The van der Waals surface area contributed by atoms with Gasteiger partial charge in [-0.25, -0.2) is 14.6 Å². The van der Waals surface area contributed by atoms with Crippen LogP contribution in [0, 0.1) is 10.1 Å². The van der Waals surface area contributed by atoms with Crippen LogP contribution in [0.5, 0.6) is 5.75 Å². The third-order valence-electron chi connectivity index (χ3n) is 6.46. The molecule has 4 aromatic rings. The fourth-order valence-corrected chi connectivity index (χ4v) is 5.62. The van der Waals surface area contributed by atoms with Gasteiger partial charge in [-0.1, -0.05) is 53.3 Å². The summed E-state index contributed by atoms with van der Waals surface area (Å²) in [5, 5.41) is 11.3. The number of halogens is 4. The summed E-state index contributed by atoms with van der Waals surface area (Å²) in [6.45, 7) is 1.24. The van der Waals surface area contributed by atoms with Crippen molar-refractivity contribution >= 4 is 46.6 Å². The Hall–Kier alpha value is -5.08. The Morgan fingerprint density at radius 2 is 1.78 bits per heavy atom. The van der Waals surface area contributed by atoms with E-state index in [-0.39, 0.29) is 38.5 Å². The number of nitrogens with zero attached hydrogens (tertiary/aromatic N) is 3. The van der Waals surface area contributed by atoms with Gasteiger partial charge in [-0.2, -0.15) is 13.2 Å². The van der Waals surface area contributed by atoms with Gasteiger partial charge in [0.25, 0.3) is 11.2 Å². The highest BCUT2D eigenvalue weighted by Gasteiger charge is 2.45. The predicted octanol–water partition coefficient (Wildman–Crippen LogP) is 5.12. The van der Waals surface area contributed by atoms with Crippen LogP contribution in [0.3, 0.4) is 0 Å². The molecule has 10 nitrogen and oxygen atoms in total. The van der Waals surface area contributed by atoms with Gasteiger partial charge in [0.05, 0.1) is 33.2 Å². The molecule has 45 heavy (non-hydrogen) atoms. The molecule has 5 rings (SSSR count). The van der Waals surface area contributed by atoms with Crippen LogP contribution in [0.4, 0.5) is 18.9 Å². The van der Waals surface area contributed by atoms with E-state index in [9.17, 15) is 37.7 Å². The Balaban J connectivity index is 1.55. The van der Waals surface area contributed by atoms with E-state index in [1.54, 1.807) is 0 Å². The number of allylic oxidation sites excluding steroid dienone is 1. The number of rotatable bonds is 7. The van der Waals surface area contributed by atoms with Crippen LogP contribution in [-0.2, 0) is 9.53 Å². The lowest BCUT2D eigenvalue weighted by Crippen LogP contribution is -2.41. The van der Waals surface area contributed by atoms with E-state index in [0.717, 1.165) is 10.6 Å². The highest BCUT2D eigenvalue weighted by atomic mass is 35.5. The van der Waals surface area contributed by atoms with Crippen LogP contribution in [-0.4, -0.2) is 34.2 Å². The zero-order chi connectivity index (χ0) is 32.5. The van der Waals surface area contributed by atoms with Gasteiger partial charge in [-0.15, -0.1) is 0 Å². The number of benzene rings is 3. The Labute approximate surface area is 260 Å². The second kappa shape index (κ2) is 12.5. The van der Waals surface area contributed by atoms with Gasteiger partial charge in [-0.3, -0.25) is 19.5 Å². The Kier molecular flexibility index (Phi) is 8.71. The summed E-state index contributed by atoms with van der Waals surface area (Å²) in [7, 11) is 0. The van der Waals surface area contributed by atoms with E-state index < -0.39 is 45.9 Å². The minimum atomic E-state index is -5.04. The third kappa shape index (κ3) is 6.56. The number of aromatic nitrogens is 1. The van der Waals surface area contributed by atoms with E-state index >= 15 is 0 Å². The number of fused-ring (bicyclic) bond motifs is 1. The fraction of sp³-hybridized carbons (Fsp3) is 0.133. The molecule has 3 aromatic carbocycles. The van der Waals surface area contributed by atoms with Crippen molar-refractivity contribution in [2.75, 3.05) is 6.61 Å². The molecule has 0 aliphatic carbocycles. The smallest absolute Gasteiger partial charge is 0.434 e. The summed E-state index contributed by atoms with van der Waals surface area (Å²) in [6.07, 6.45) is -3.63. The maximum Gasteiger partial charge on any atom is 0.434 e. The normalized spacial score (nSPS) is 14.9. The first-order chi connectivity index (χ1) is 21.4. The number of esters is 2. The van der Waals surface area contributed by atoms with Gasteiger partial charge in [0.1, 0.15) is 5.75 Å². The number of nitro groups is 1. The van der Waals surface area contributed by atoms with E-state index in [1.807, 2.05) is 0 Å². The van der Waals surface area contributed by atoms with Crippen molar-refractivity contribution in [2.45, 2.75) is 19.1 Å². The van der Waals surface area contributed by atoms with Crippen molar-refractivity contribution < 1.29 is 37.2 Å². The number of hydrogen-bond acceptors (Lipinski definition) is 9. The van der Waals surface area contributed by atoms with Crippen LogP contribution in [0.25, 0.3) is 6.08 Å². The van der Waals surface area contributed by atoms with Gasteiger partial charge >= 0.3 is 18.1 Å². The van der Waals surface area contributed by atoms with Gasteiger partial charge in [0.2, 0.25) is 0 Å². The van der Waals surface area contributed by atoms with Crippen LogP contribution in [0.1, 0.15) is 34.5 Å². The monoisotopic (exact) mass is 657 g/mol. The summed E-state index contributed by atoms with van der Waals surface area (Å²) in [6, 6.07) is 15.0. The largest absolute Gasteiger partial charge is 0.463 e. The first-order valence-electron chi connectivity index (χ1n) is 13.0. The number of ether oxygens (including phenoxy) is 2. The number of non-ortho nitro benzene ring substituents is 1. The summed E-state index contributed by atoms with van der Waals surface area (Å²) in [4.78, 5) is 52.8. The van der Waals surface area contributed by atoms with Gasteiger partial charge in [-0.05, 0) is 54.5 Å². The topological polar surface area (TPSA) is 130 Å². The zero-order valence-corrected chi connectivity index (χ0v) is 24.5. The number of thiazole rings is 1. The Morgan fingerprint density at radius 1 is 1.09 bits per heavy atom. The highest BCUT2D eigenvalue weighted by molar-refractivity contribution is 7.07. The molecule has 2 heterocycles. The molecule has 0 N–H and O–H groups in total. The lowest BCUT2D eigenvalue weighted by Gasteiger charge is -2.26. The quantitative estimate of drug-likeness (QED) is 0.117. The third-order valence-corrected chi connectivity index (χ3v) is 7.70. The van der Waals surface area contributed by atoms with Crippen molar-refractivity contribution in [1.29, 1.82) is 0 Å². The first kappa shape index (κ1) is 31.3. The molecule has 15 heteroatoms. The van der Waals surface area contributed by atoms with Crippen molar-refractivity contribution in [1.82, 2.24) is 4.57 Å². The number of alkyl halides is 3. The minimum absolute atomic E-state index is 0.0145. The number of hydrogen-bond donors (Lipinski definition) is 0. The number of nitro benzene ring substituents is 1. The lowest BCUT2D eigenvalue weighted by atomic mass is 9.95. The molecule has 0 fully saturated rings. The molecule has 1 atom stereocenters. The van der Waals surface area contributed by atoms with Gasteiger partial charge in [0, 0.05) is 17.2 Å². The fourth-order valence-electron chi connectivity index (χ4n) is 4.50. The SMILES string of the molecule is CCOC(=O)C1=C(C(F)(F)F)N=c2s/c(=C\c3ccc(OC(=O)c4cccc([N+](=O)[O-])c4)cc3)c(=O)n2[C@H]1c1ccc(Cl)cc1. The van der Waals surface area contributed by atoms with Crippen LogP contribution >= 0.6 is 22.9 Å². The summed E-state index contributed by atoms with van der Waals surface area (Å²) >= 11 is 6.68. The van der Waals surface area contributed by atoms with E-state index in [1.165, 1.54) is 79.7 Å². The molecule has 0 saturated heterocycles. The Morgan fingerprint density at radius 3 is 2.40 bits per heavy atom. The van der Waals surface area contributed by atoms with E-state index in [2.05, 4.69) is 4.99 Å². The summed E-state index contributed by atoms with van der Waals surface area (Å²) in [5.41, 5.74) is -2.71. The van der Waals surface area contributed by atoms with Crippen molar-refractivity contribution in [3.05, 3.63) is 136 Å². The molecule has 1 aliphatic heterocycles. The molecule has 0 amide bonds. The maximum atomic E-state index is 14.2. The Bertz CT molecular complexity index is 2040. The van der Waals surface area contributed by atoms with Crippen molar-refractivity contribution in [2.24, 2.45) is 4.99 Å². The molecular weight excluding hydrogens is 639 g/mol. The second-order valence-corrected chi connectivity index (χ2v) is 10.8. The van der Waals surface area contributed by atoms with Gasteiger partial charge < -0.3 is 9.47 Å². The molecule has 0 radical (unpaired) electrons. The first-order valence-corrected chi connectivity index (χ1v) is 14.2. The van der Waals surface area contributed by atoms with Crippen LogP contribution in [0.15, 0.2) is 93.9 Å². The maximum absolute atomic E-state index is 14.2. The molecular formula is C30H19ClF3N3O7S. The lowest BCUT2D eigenvalue weighted by molar-refractivity contribution is -0.384. The molecule has 230 valence electrons. The van der Waals surface area contributed by atoms with Crippen molar-refractivity contribution in [3.8, 4) is 5.75 Å². The molecule has 0 bridgehead atoms. The zero-order valence-electron chi connectivity index (χ0n) is 22.9. The number of carbonyl (C=O) groups excluding carboxylic acids is 2. The van der Waals surface area contributed by atoms with Crippen LogP contribution < -0.4 is 19.6 Å². The average Bonchev–Trinajstić information content (AvgIpc) is 3.31. The van der Waals surface area contributed by atoms with E-state index in [0.29, 0.717) is 21.9 Å². The number of carbonyl (C=O) groups is 2. The molecule has 1 aliphatic rings. The standard InChI is InChI=1S/C30H19ClF3N3O7S/c1-2-43-28(40)23-24(17-8-10-19(31)11-9-17)36-26(38)22(45-29(36)35-25(23)30(32,33)34)14-16-6-12-21(13-7-16)44-27(39)18-4-3-5-20(15-18)37(41)42/h3-15,24H,2H2,1H3/b22-14-/t24-/m0/s1. The molecule has 0 unspecified atom stereocenters. The van der Waals surface area contributed by atoms with Gasteiger partial charge in [0.15, 0.2) is 10.5 Å². The molecule has 1 aromatic heterocycles. The molecule has 0 spiro atoms. The molecule has 0 saturated carbocycles. The van der Waals surface area contributed by atoms with Crippen LogP contribution in [0.2, 0.25) is 5.02 Å². The van der Waals surface area contributed by atoms with Crippen molar-refractivity contribution in [3.63, 3.8) is 0 Å².